The van der Waals surface area contributed by atoms with Crippen molar-refractivity contribution in [2.24, 2.45) is 0 Å². The molecular formula is C26H27ClN2O4S. The fourth-order valence-corrected chi connectivity index (χ4v) is 6.00. The second kappa shape index (κ2) is 10.1. The Labute approximate surface area is 205 Å². The van der Waals surface area contributed by atoms with Gasteiger partial charge in [-0.25, -0.2) is 8.42 Å². The van der Waals surface area contributed by atoms with Gasteiger partial charge in [-0.15, -0.1) is 0 Å². The minimum absolute atomic E-state index is 0.0791. The molecule has 34 heavy (non-hydrogen) atoms. The number of amides is 1. The van der Waals surface area contributed by atoms with Gasteiger partial charge in [0.15, 0.2) is 6.61 Å². The Bertz CT molecular complexity index is 1300. The van der Waals surface area contributed by atoms with Gasteiger partial charge in [0.1, 0.15) is 5.75 Å². The molecule has 0 bridgehead atoms. The lowest BCUT2D eigenvalue weighted by Gasteiger charge is -2.20. The molecule has 3 aromatic rings. The van der Waals surface area contributed by atoms with Gasteiger partial charge in [-0.05, 0) is 60.2 Å². The SMILES string of the molecule is CCc1cccc(CC)c1NC(=O)COc1ccc(S(=O)(=O)N2CCc3ccccc32)cc1Cl. The van der Waals surface area contributed by atoms with E-state index < -0.39 is 10.0 Å². The largest absolute Gasteiger partial charge is 0.482 e. The van der Waals surface area contributed by atoms with Crippen molar-refractivity contribution in [2.45, 2.75) is 38.0 Å². The van der Waals surface area contributed by atoms with E-state index >= 15 is 0 Å². The minimum Gasteiger partial charge on any atom is -0.482 e. The third kappa shape index (κ3) is 4.76. The number of nitrogens with zero attached hydrogens (tertiary/aromatic N) is 1. The molecule has 0 aromatic heterocycles. The number of nitrogens with one attached hydrogen (secondary N) is 1. The Morgan fingerprint density at radius 1 is 1.03 bits per heavy atom. The lowest BCUT2D eigenvalue weighted by molar-refractivity contribution is -0.118. The van der Waals surface area contributed by atoms with Crippen LogP contribution in [0.2, 0.25) is 5.02 Å². The van der Waals surface area contributed by atoms with E-state index in [0.717, 1.165) is 35.2 Å². The molecule has 3 aromatic carbocycles. The van der Waals surface area contributed by atoms with Crippen LogP contribution in [0.4, 0.5) is 11.4 Å². The molecule has 0 unspecified atom stereocenters. The number of carbonyl (C=O) groups is 1. The molecule has 0 fully saturated rings. The van der Waals surface area contributed by atoms with Crippen LogP contribution in [0.3, 0.4) is 0 Å². The second-order valence-corrected chi connectivity index (χ2v) is 10.3. The second-order valence-electron chi connectivity index (χ2n) is 8.04. The number of carbonyl (C=O) groups excluding carboxylic acids is 1. The topological polar surface area (TPSA) is 75.7 Å². The molecule has 178 valence electrons. The van der Waals surface area contributed by atoms with Crippen LogP contribution in [0.1, 0.15) is 30.5 Å². The first-order valence-corrected chi connectivity index (χ1v) is 13.1. The summed E-state index contributed by atoms with van der Waals surface area (Å²) in [4.78, 5) is 12.6. The number of para-hydroxylation sites is 2. The van der Waals surface area contributed by atoms with Crippen molar-refractivity contribution in [1.29, 1.82) is 0 Å². The summed E-state index contributed by atoms with van der Waals surface area (Å²) in [7, 11) is -3.76. The molecule has 0 spiro atoms. The van der Waals surface area contributed by atoms with Gasteiger partial charge >= 0.3 is 0 Å². The highest BCUT2D eigenvalue weighted by atomic mass is 35.5. The van der Waals surface area contributed by atoms with E-state index in [-0.39, 0.29) is 28.2 Å². The van der Waals surface area contributed by atoms with Crippen molar-refractivity contribution in [3.05, 3.63) is 82.4 Å². The first kappa shape index (κ1) is 24.1. The number of aryl methyl sites for hydroxylation is 2. The summed E-state index contributed by atoms with van der Waals surface area (Å²) in [6, 6.07) is 17.7. The summed E-state index contributed by atoms with van der Waals surface area (Å²) >= 11 is 6.34. The van der Waals surface area contributed by atoms with Crippen LogP contribution in [-0.2, 0) is 34.1 Å². The average Bonchev–Trinajstić information content (AvgIpc) is 3.28. The number of halogens is 1. The van der Waals surface area contributed by atoms with Gasteiger partial charge in [0.25, 0.3) is 15.9 Å². The fraction of sp³-hybridized carbons (Fsp3) is 0.269. The molecule has 1 amide bonds. The van der Waals surface area contributed by atoms with Crippen LogP contribution in [0, 0.1) is 0 Å². The highest BCUT2D eigenvalue weighted by Crippen LogP contribution is 2.35. The van der Waals surface area contributed by atoms with E-state index in [2.05, 4.69) is 5.32 Å². The zero-order chi connectivity index (χ0) is 24.3. The maximum atomic E-state index is 13.2. The van der Waals surface area contributed by atoms with Crippen molar-refractivity contribution in [3.63, 3.8) is 0 Å². The molecule has 0 radical (unpaired) electrons. The van der Waals surface area contributed by atoms with Gasteiger partial charge in [-0.1, -0.05) is 61.8 Å². The highest BCUT2D eigenvalue weighted by molar-refractivity contribution is 7.92. The number of rotatable bonds is 8. The Balaban J connectivity index is 1.46. The van der Waals surface area contributed by atoms with E-state index in [4.69, 9.17) is 16.3 Å². The molecule has 4 rings (SSSR count). The Kier molecular flexibility index (Phi) is 7.14. The third-order valence-electron chi connectivity index (χ3n) is 5.96. The molecule has 1 N–H and O–H groups in total. The number of ether oxygens (including phenoxy) is 1. The summed E-state index contributed by atoms with van der Waals surface area (Å²) < 4.78 is 33.4. The van der Waals surface area contributed by atoms with Crippen LogP contribution < -0.4 is 14.4 Å². The molecule has 0 aliphatic carbocycles. The standard InChI is InChI=1S/C26H27ClN2O4S/c1-3-18-9-7-10-19(4-2)26(18)28-25(30)17-33-24-13-12-21(16-22(24)27)34(31,32)29-15-14-20-8-5-6-11-23(20)29/h5-13,16H,3-4,14-15,17H2,1-2H3,(H,28,30). The van der Waals surface area contributed by atoms with E-state index in [9.17, 15) is 13.2 Å². The molecule has 0 atom stereocenters. The molecule has 1 aliphatic rings. The number of hydrogen-bond donors (Lipinski definition) is 1. The van der Waals surface area contributed by atoms with Gasteiger partial charge in [0.05, 0.1) is 15.6 Å². The summed E-state index contributed by atoms with van der Waals surface area (Å²) in [6.45, 7) is 4.22. The maximum absolute atomic E-state index is 13.2. The van der Waals surface area contributed by atoms with E-state index in [1.165, 1.54) is 22.5 Å². The number of benzene rings is 3. The van der Waals surface area contributed by atoms with Crippen molar-refractivity contribution in [2.75, 3.05) is 22.8 Å². The lowest BCUT2D eigenvalue weighted by atomic mass is 10.0. The molecule has 8 heteroatoms. The van der Waals surface area contributed by atoms with Crippen LogP contribution in [0.25, 0.3) is 0 Å². The fourth-order valence-electron chi connectivity index (χ4n) is 4.17. The minimum atomic E-state index is -3.76. The monoisotopic (exact) mass is 498 g/mol. The van der Waals surface area contributed by atoms with E-state index in [0.29, 0.717) is 18.7 Å². The Hall–Kier alpha value is -3.03. The maximum Gasteiger partial charge on any atom is 0.264 e. The number of sulfonamides is 1. The normalized spacial score (nSPS) is 13.0. The van der Waals surface area contributed by atoms with E-state index in [1.54, 1.807) is 6.07 Å². The van der Waals surface area contributed by atoms with Crippen LogP contribution in [0.15, 0.2) is 65.6 Å². The quantitative estimate of drug-likeness (QED) is 0.461. The van der Waals surface area contributed by atoms with Crippen LogP contribution in [0.5, 0.6) is 5.75 Å². The predicted octanol–water partition coefficient (Wildman–Crippen LogP) is 5.23. The highest BCUT2D eigenvalue weighted by Gasteiger charge is 2.31. The average molecular weight is 499 g/mol. The molecule has 1 heterocycles. The molecule has 6 nitrogen and oxygen atoms in total. The molecular weight excluding hydrogens is 472 g/mol. The van der Waals surface area contributed by atoms with Crippen molar-refractivity contribution >= 4 is 38.9 Å². The summed E-state index contributed by atoms with van der Waals surface area (Å²) in [5.74, 6) is -0.0610. The summed E-state index contributed by atoms with van der Waals surface area (Å²) in [5.41, 5.74) is 4.63. The first-order chi connectivity index (χ1) is 16.3. The van der Waals surface area contributed by atoms with Gasteiger partial charge in [0, 0.05) is 12.2 Å². The first-order valence-electron chi connectivity index (χ1n) is 11.3. The van der Waals surface area contributed by atoms with Crippen molar-refractivity contribution in [1.82, 2.24) is 0 Å². The van der Waals surface area contributed by atoms with Crippen LogP contribution in [-0.4, -0.2) is 27.5 Å². The molecule has 0 saturated heterocycles. The summed E-state index contributed by atoms with van der Waals surface area (Å²) in [6.07, 6.45) is 2.27. The molecule has 0 saturated carbocycles. The zero-order valence-corrected chi connectivity index (χ0v) is 20.7. The van der Waals surface area contributed by atoms with E-state index in [1.807, 2.05) is 50.2 Å². The Morgan fingerprint density at radius 2 is 1.74 bits per heavy atom. The zero-order valence-electron chi connectivity index (χ0n) is 19.2. The predicted molar refractivity (Wildman–Crippen MR) is 135 cm³/mol. The van der Waals surface area contributed by atoms with Crippen LogP contribution >= 0.6 is 11.6 Å². The van der Waals surface area contributed by atoms with Gasteiger partial charge in [-0.3, -0.25) is 9.10 Å². The number of anilines is 2. The van der Waals surface area contributed by atoms with Crippen molar-refractivity contribution < 1.29 is 17.9 Å². The third-order valence-corrected chi connectivity index (χ3v) is 8.06. The van der Waals surface area contributed by atoms with Gasteiger partial charge in [0.2, 0.25) is 0 Å². The number of hydrogen-bond acceptors (Lipinski definition) is 4. The van der Waals surface area contributed by atoms with Gasteiger partial charge < -0.3 is 10.1 Å². The van der Waals surface area contributed by atoms with Gasteiger partial charge in [-0.2, -0.15) is 0 Å². The number of fused-ring (bicyclic) bond motifs is 1. The van der Waals surface area contributed by atoms with Crippen molar-refractivity contribution in [3.8, 4) is 5.75 Å². The Morgan fingerprint density at radius 3 is 2.41 bits per heavy atom. The summed E-state index contributed by atoms with van der Waals surface area (Å²) in [5, 5.41) is 3.07. The molecule has 1 aliphatic heterocycles. The smallest absolute Gasteiger partial charge is 0.264 e. The lowest BCUT2D eigenvalue weighted by Crippen LogP contribution is -2.29.